The van der Waals surface area contributed by atoms with Crippen LogP contribution in [-0.4, -0.2) is 39.6 Å². The van der Waals surface area contributed by atoms with Crippen molar-refractivity contribution in [2.24, 2.45) is 18.9 Å². The summed E-state index contributed by atoms with van der Waals surface area (Å²) in [6.07, 6.45) is 3.81. The maximum atomic E-state index is 13.0. The van der Waals surface area contributed by atoms with Gasteiger partial charge in [0.25, 0.3) is 0 Å². The van der Waals surface area contributed by atoms with E-state index in [2.05, 4.69) is 58.9 Å². The molecule has 1 unspecified atom stereocenters. The molecular formula is C22H40N4O2. The van der Waals surface area contributed by atoms with Crippen LogP contribution in [0.3, 0.4) is 0 Å². The summed E-state index contributed by atoms with van der Waals surface area (Å²) >= 11 is 0. The van der Waals surface area contributed by atoms with Gasteiger partial charge in [0.2, 0.25) is 11.8 Å². The number of carbonyl (C=O) groups is 2. The van der Waals surface area contributed by atoms with Gasteiger partial charge in [0.1, 0.15) is 5.82 Å². The first-order valence-corrected chi connectivity index (χ1v) is 10.6. The Morgan fingerprint density at radius 2 is 1.89 bits per heavy atom. The quantitative estimate of drug-likeness (QED) is 0.643. The summed E-state index contributed by atoms with van der Waals surface area (Å²) in [5, 5.41) is 7.42. The molecule has 0 radical (unpaired) electrons. The summed E-state index contributed by atoms with van der Waals surface area (Å²) in [7, 11) is 1.82. The van der Waals surface area contributed by atoms with E-state index < -0.39 is 0 Å². The van der Waals surface area contributed by atoms with Crippen molar-refractivity contribution >= 4 is 17.6 Å². The molecule has 0 saturated carbocycles. The van der Waals surface area contributed by atoms with Crippen molar-refractivity contribution in [2.75, 3.05) is 18.4 Å². The molecule has 0 aliphatic heterocycles. The zero-order chi connectivity index (χ0) is 21.5. The van der Waals surface area contributed by atoms with Crippen molar-refractivity contribution in [1.82, 2.24) is 14.7 Å². The molecule has 0 saturated heterocycles. The van der Waals surface area contributed by atoms with Crippen molar-refractivity contribution in [3.8, 4) is 0 Å². The zero-order valence-electron chi connectivity index (χ0n) is 19.1. The highest BCUT2D eigenvalue weighted by Gasteiger charge is 2.26. The SMILES string of the molecule is CCCCC(CC)C(=O)N(CC(=O)Nc1cc(C(C)(C)C)nn1C)CC(C)C. The smallest absolute Gasteiger partial charge is 0.245 e. The third-order valence-corrected chi connectivity index (χ3v) is 4.90. The van der Waals surface area contributed by atoms with Crippen LogP contribution >= 0.6 is 0 Å². The summed E-state index contributed by atoms with van der Waals surface area (Å²) < 4.78 is 1.68. The predicted octanol–water partition coefficient (Wildman–Crippen LogP) is 4.36. The van der Waals surface area contributed by atoms with Gasteiger partial charge in [-0.3, -0.25) is 14.3 Å². The number of anilines is 1. The van der Waals surface area contributed by atoms with E-state index in [0.717, 1.165) is 31.4 Å². The van der Waals surface area contributed by atoms with Gasteiger partial charge in [0, 0.05) is 31.0 Å². The standard InChI is InChI=1S/C22H40N4O2/c1-9-11-12-17(10-2)21(28)26(14-16(3)4)15-20(27)23-19-13-18(22(5,6)7)24-25(19)8/h13,16-17H,9-12,14-15H2,1-8H3,(H,23,27). The maximum absolute atomic E-state index is 13.0. The third kappa shape index (κ3) is 7.28. The van der Waals surface area contributed by atoms with E-state index in [1.165, 1.54) is 0 Å². The molecule has 6 nitrogen and oxygen atoms in total. The number of hydrogen-bond acceptors (Lipinski definition) is 3. The first-order chi connectivity index (χ1) is 13.0. The van der Waals surface area contributed by atoms with E-state index in [4.69, 9.17) is 0 Å². The Hall–Kier alpha value is -1.85. The number of unbranched alkanes of at least 4 members (excludes halogenated alkanes) is 1. The van der Waals surface area contributed by atoms with Crippen LogP contribution in [0.2, 0.25) is 0 Å². The van der Waals surface area contributed by atoms with Gasteiger partial charge >= 0.3 is 0 Å². The largest absolute Gasteiger partial charge is 0.333 e. The van der Waals surface area contributed by atoms with Gasteiger partial charge in [-0.15, -0.1) is 0 Å². The molecule has 1 heterocycles. The van der Waals surface area contributed by atoms with Gasteiger partial charge in [-0.05, 0) is 18.8 Å². The van der Waals surface area contributed by atoms with Crippen LogP contribution in [0.15, 0.2) is 6.07 Å². The van der Waals surface area contributed by atoms with Crippen LogP contribution in [0.5, 0.6) is 0 Å². The molecule has 0 aliphatic carbocycles. The van der Waals surface area contributed by atoms with Gasteiger partial charge in [-0.1, -0.05) is 61.3 Å². The molecule has 1 atom stereocenters. The van der Waals surface area contributed by atoms with E-state index in [9.17, 15) is 9.59 Å². The lowest BCUT2D eigenvalue weighted by molar-refractivity contribution is -0.139. The van der Waals surface area contributed by atoms with Crippen molar-refractivity contribution in [1.29, 1.82) is 0 Å². The fourth-order valence-corrected chi connectivity index (χ4v) is 3.19. The minimum absolute atomic E-state index is 0.00398. The molecule has 1 N–H and O–H groups in total. The van der Waals surface area contributed by atoms with Crippen LogP contribution < -0.4 is 5.32 Å². The third-order valence-electron chi connectivity index (χ3n) is 4.90. The number of aryl methyl sites for hydroxylation is 1. The summed E-state index contributed by atoms with van der Waals surface area (Å²) in [4.78, 5) is 27.5. The average Bonchev–Trinajstić information content (AvgIpc) is 2.95. The predicted molar refractivity (Wildman–Crippen MR) is 115 cm³/mol. The molecule has 0 bridgehead atoms. The fraction of sp³-hybridized carbons (Fsp3) is 0.773. The minimum atomic E-state index is -0.178. The second-order valence-electron chi connectivity index (χ2n) is 9.20. The number of aromatic nitrogens is 2. The number of carbonyl (C=O) groups excluding carboxylic acids is 2. The molecule has 0 spiro atoms. The van der Waals surface area contributed by atoms with Gasteiger partial charge in [-0.2, -0.15) is 5.10 Å². The summed E-state index contributed by atoms with van der Waals surface area (Å²) in [5.74, 6) is 0.883. The zero-order valence-corrected chi connectivity index (χ0v) is 19.1. The lowest BCUT2D eigenvalue weighted by atomic mass is 9.92. The van der Waals surface area contributed by atoms with Gasteiger partial charge in [0.05, 0.1) is 12.2 Å². The summed E-state index contributed by atoms with van der Waals surface area (Å²) in [5.41, 5.74) is 0.833. The Morgan fingerprint density at radius 1 is 1.25 bits per heavy atom. The first-order valence-electron chi connectivity index (χ1n) is 10.6. The van der Waals surface area contributed by atoms with E-state index >= 15 is 0 Å². The Labute approximate surface area is 171 Å². The molecule has 160 valence electrons. The highest BCUT2D eigenvalue weighted by molar-refractivity contribution is 5.94. The van der Waals surface area contributed by atoms with E-state index in [-0.39, 0.29) is 29.7 Å². The number of amides is 2. The Balaban J connectivity index is 2.87. The monoisotopic (exact) mass is 392 g/mol. The van der Waals surface area contributed by atoms with Crippen LogP contribution in [-0.2, 0) is 22.1 Å². The number of hydrogen-bond donors (Lipinski definition) is 1. The molecule has 2 amide bonds. The van der Waals surface area contributed by atoms with E-state index in [0.29, 0.717) is 18.3 Å². The van der Waals surface area contributed by atoms with Gasteiger partial charge < -0.3 is 10.2 Å². The molecule has 28 heavy (non-hydrogen) atoms. The first kappa shape index (κ1) is 24.2. The lowest BCUT2D eigenvalue weighted by Gasteiger charge is -2.28. The highest BCUT2D eigenvalue weighted by Crippen LogP contribution is 2.23. The number of nitrogens with one attached hydrogen (secondary N) is 1. The average molecular weight is 393 g/mol. The molecule has 1 aromatic heterocycles. The van der Waals surface area contributed by atoms with Gasteiger partial charge in [-0.25, -0.2) is 0 Å². The van der Waals surface area contributed by atoms with Crippen LogP contribution in [0.25, 0.3) is 0 Å². The van der Waals surface area contributed by atoms with Crippen molar-refractivity contribution in [3.63, 3.8) is 0 Å². The van der Waals surface area contributed by atoms with Crippen LogP contribution in [0.4, 0.5) is 5.82 Å². The van der Waals surface area contributed by atoms with Crippen LogP contribution in [0, 0.1) is 11.8 Å². The minimum Gasteiger partial charge on any atom is -0.333 e. The maximum Gasteiger partial charge on any atom is 0.245 e. The van der Waals surface area contributed by atoms with Gasteiger partial charge in [0.15, 0.2) is 0 Å². The molecule has 6 heteroatoms. The molecular weight excluding hydrogens is 352 g/mol. The van der Waals surface area contributed by atoms with Crippen LogP contribution in [0.1, 0.15) is 79.8 Å². The Kier molecular flexibility index (Phi) is 9.18. The summed E-state index contributed by atoms with van der Waals surface area (Å²) in [6.45, 7) is 15.3. The molecule has 1 aromatic rings. The molecule has 0 fully saturated rings. The molecule has 1 rings (SSSR count). The van der Waals surface area contributed by atoms with Crippen molar-refractivity contribution in [2.45, 2.75) is 79.6 Å². The normalized spacial score (nSPS) is 12.9. The van der Waals surface area contributed by atoms with E-state index in [1.807, 2.05) is 13.1 Å². The summed E-state index contributed by atoms with van der Waals surface area (Å²) in [6, 6.07) is 1.91. The number of rotatable bonds is 10. The topological polar surface area (TPSA) is 67.2 Å². The second-order valence-corrected chi connectivity index (χ2v) is 9.20. The van der Waals surface area contributed by atoms with Crippen molar-refractivity contribution in [3.05, 3.63) is 11.8 Å². The Morgan fingerprint density at radius 3 is 2.36 bits per heavy atom. The Bertz CT molecular complexity index is 643. The van der Waals surface area contributed by atoms with E-state index in [1.54, 1.807) is 9.58 Å². The van der Waals surface area contributed by atoms with Crippen molar-refractivity contribution < 1.29 is 9.59 Å². The second kappa shape index (κ2) is 10.6. The number of nitrogens with zero attached hydrogens (tertiary/aromatic N) is 3. The molecule has 0 aliphatic rings. The lowest BCUT2D eigenvalue weighted by Crippen LogP contribution is -2.43. The fourth-order valence-electron chi connectivity index (χ4n) is 3.19. The molecule has 0 aromatic carbocycles. The highest BCUT2D eigenvalue weighted by atomic mass is 16.2.